The SMILES string of the molecule is Cc1cc(-c2nc(-c3ccc(C4(O)COC4)cc3)no2)cn1Cc1ccc(Cl)nc1. The Bertz CT molecular complexity index is 1180. The smallest absolute Gasteiger partial charge is 0.259 e. The van der Waals surface area contributed by atoms with Gasteiger partial charge in [-0.1, -0.05) is 47.1 Å². The van der Waals surface area contributed by atoms with Crippen LogP contribution in [0.3, 0.4) is 0 Å². The Labute approximate surface area is 177 Å². The van der Waals surface area contributed by atoms with Crippen LogP contribution in [-0.4, -0.2) is 38.0 Å². The average molecular weight is 423 g/mol. The van der Waals surface area contributed by atoms with Crippen molar-refractivity contribution in [3.63, 3.8) is 0 Å². The highest BCUT2D eigenvalue weighted by Gasteiger charge is 2.37. The van der Waals surface area contributed by atoms with E-state index in [1.54, 1.807) is 12.3 Å². The molecule has 4 heterocycles. The second kappa shape index (κ2) is 7.36. The van der Waals surface area contributed by atoms with Crippen LogP contribution in [0.1, 0.15) is 16.8 Å². The van der Waals surface area contributed by atoms with Gasteiger partial charge in [-0.3, -0.25) is 0 Å². The number of hydrogen-bond donors (Lipinski definition) is 1. The molecular weight excluding hydrogens is 404 g/mol. The van der Waals surface area contributed by atoms with Crippen molar-refractivity contribution in [3.8, 4) is 22.8 Å². The largest absolute Gasteiger partial charge is 0.380 e. The van der Waals surface area contributed by atoms with Gasteiger partial charge in [0.05, 0.1) is 18.8 Å². The Kier molecular flexibility index (Phi) is 4.66. The molecular formula is C22H19ClN4O3. The van der Waals surface area contributed by atoms with Crippen molar-refractivity contribution < 1.29 is 14.4 Å². The maximum Gasteiger partial charge on any atom is 0.259 e. The molecule has 8 heteroatoms. The van der Waals surface area contributed by atoms with Crippen LogP contribution in [0.25, 0.3) is 22.8 Å². The molecule has 0 aliphatic carbocycles. The van der Waals surface area contributed by atoms with Gasteiger partial charge in [0.2, 0.25) is 5.82 Å². The van der Waals surface area contributed by atoms with Gasteiger partial charge in [-0.05, 0) is 30.2 Å². The Morgan fingerprint density at radius 3 is 2.60 bits per heavy atom. The van der Waals surface area contributed by atoms with Crippen molar-refractivity contribution in [2.45, 2.75) is 19.1 Å². The quantitative estimate of drug-likeness (QED) is 0.492. The van der Waals surface area contributed by atoms with Crippen molar-refractivity contribution in [1.82, 2.24) is 19.7 Å². The number of halogens is 1. The number of aryl methyl sites for hydroxylation is 1. The highest BCUT2D eigenvalue weighted by atomic mass is 35.5. The molecule has 7 nitrogen and oxygen atoms in total. The first-order chi connectivity index (χ1) is 14.5. The zero-order chi connectivity index (χ0) is 20.7. The van der Waals surface area contributed by atoms with Gasteiger partial charge < -0.3 is 18.9 Å². The molecule has 1 saturated heterocycles. The summed E-state index contributed by atoms with van der Waals surface area (Å²) in [5, 5.41) is 14.9. The molecule has 0 unspecified atom stereocenters. The van der Waals surface area contributed by atoms with E-state index >= 15 is 0 Å². The predicted molar refractivity (Wildman–Crippen MR) is 111 cm³/mol. The molecule has 1 fully saturated rings. The molecule has 30 heavy (non-hydrogen) atoms. The summed E-state index contributed by atoms with van der Waals surface area (Å²) in [6.45, 7) is 3.34. The van der Waals surface area contributed by atoms with Crippen LogP contribution in [0.4, 0.5) is 0 Å². The highest BCUT2D eigenvalue weighted by molar-refractivity contribution is 6.29. The molecule has 3 aromatic heterocycles. The average Bonchev–Trinajstić information content (AvgIpc) is 3.35. The Morgan fingerprint density at radius 2 is 1.93 bits per heavy atom. The van der Waals surface area contributed by atoms with Gasteiger partial charge in [0, 0.05) is 30.2 Å². The van der Waals surface area contributed by atoms with Crippen LogP contribution in [0.5, 0.6) is 0 Å². The first kappa shape index (κ1) is 19.0. The second-order valence-electron chi connectivity index (χ2n) is 7.51. The second-order valence-corrected chi connectivity index (χ2v) is 7.90. The fourth-order valence-corrected chi connectivity index (χ4v) is 3.56. The Balaban J connectivity index is 1.36. The Morgan fingerprint density at radius 1 is 1.13 bits per heavy atom. The molecule has 0 atom stereocenters. The summed E-state index contributed by atoms with van der Waals surface area (Å²) >= 11 is 5.86. The van der Waals surface area contributed by atoms with Crippen LogP contribution in [-0.2, 0) is 16.9 Å². The van der Waals surface area contributed by atoms with Gasteiger partial charge in [-0.15, -0.1) is 0 Å². The number of hydrogen-bond acceptors (Lipinski definition) is 6. The third-order valence-electron chi connectivity index (χ3n) is 5.29. The number of aliphatic hydroxyl groups is 1. The lowest BCUT2D eigenvalue weighted by Gasteiger charge is -2.36. The van der Waals surface area contributed by atoms with E-state index in [0.717, 1.165) is 27.9 Å². The van der Waals surface area contributed by atoms with Crippen molar-refractivity contribution in [2.75, 3.05) is 13.2 Å². The first-order valence-corrected chi connectivity index (χ1v) is 9.90. The maximum absolute atomic E-state index is 10.4. The van der Waals surface area contributed by atoms with Gasteiger partial charge in [-0.2, -0.15) is 4.98 Å². The molecule has 0 amide bonds. The third-order valence-corrected chi connectivity index (χ3v) is 5.51. The summed E-state index contributed by atoms with van der Waals surface area (Å²) in [6, 6.07) is 13.2. The van der Waals surface area contributed by atoms with Crippen LogP contribution in [0.2, 0.25) is 5.15 Å². The lowest BCUT2D eigenvalue weighted by atomic mass is 9.91. The van der Waals surface area contributed by atoms with E-state index in [9.17, 15) is 5.11 Å². The number of nitrogens with zero attached hydrogens (tertiary/aromatic N) is 4. The molecule has 5 rings (SSSR count). The fraction of sp³-hybridized carbons (Fsp3) is 0.227. The standard InChI is InChI=1S/C22H19ClN4O3/c1-14-8-17(11-27(14)10-15-2-7-19(23)24-9-15)21-25-20(26-30-21)16-3-5-18(6-4-16)22(28)12-29-13-22/h2-9,11,28H,10,12-13H2,1H3. The lowest BCUT2D eigenvalue weighted by molar-refractivity contribution is -0.184. The van der Waals surface area contributed by atoms with E-state index in [2.05, 4.69) is 19.7 Å². The van der Waals surface area contributed by atoms with Crippen LogP contribution >= 0.6 is 11.6 Å². The van der Waals surface area contributed by atoms with Crippen LogP contribution in [0.15, 0.2) is 59.4 Å². The summed E-state index contributed by atoms with van der Waals surface area (Å²) in [6.07, 6.45) is 3.75. The zero-order valence-electron chi connectivity index (χ0n) is 16.2. The van der Waals surface area contributed by atoms with E-state index in [4.69, 9.17) is 20.9 Å². The van der Waals surface area contributed by atoms with Crippen molar-refractivity contribution in [2.24, 2.45) is 0 Å². The molecule has 152 valence electrons. The minimum absolute atomic E-state index is 0.321. The first-order valence-electron chi connectivity index (χ1n) is 9.52. The van der Waals surface area contributed by atoms with Gasteiger partial charge >= 0.3 is 0 Å². The lowest BCUT2D eigenvalue weighted by Crippen LogP contribution is -2.46. The number of rotatable bonds is 5. The van der Waals surface area contributed by atoms with Gasteiger partial charge in [0.25, 0.3) is 5.89 Å². The Hall–Kier alpha value is -3.00. The summed E-state index contributed by atoms with van der Waals surface area (Å²) in [5.41, 5.74) is 3.73. The van der Waals surface area contributed by atoms with Crippen LogP contribution < -0.4 is 0 Å². The van der Waals surface area contributed by atoms with E-state index in [0.29, 0.717) is 36.6 Å². The van der Waals surface area contributed by atoms with Gasteiger partial charge in [0.15, 0.2) is 0 Å². The molecule has 0 bridgehead atoms. The zero-order valence-corrected chi connectivity index (χ0v) is 17.0. The van der Waals surface area contributed by atoms with Crippen molar-refractivity contribution in [3.05, 3.63) is 76.8 Å². The van der Waals surface area contributed by atoms with E-state index < -0.39 is 5.60 Å². The van der Waals surface area contributed by atoms with Crippen molar-refractivity contribution in [1.29, 1.82) is 0 Å². The predicted octanol–water partition coefficient (Wildman–Crippen LogP) is 3.83. The summed E-state index contributed by atoms with van der Waals surface area (Å²) in [5.74, 6) is 0.955. The van der Waals surface area contributed by atoms with Gasteiger partial charge in [0.1, 0.15) is 10.8 Å². The monoisotopic (exact) mass is 422 g/mol. The fourth-order valence-electron chi connectivity index (χ4n) is 3.45. The minimum atomic E-state index is -0.888. The molecule has 4 aromatic rings. The van der Waals surface area contributed by atoms with E-state index in [1.165, 1.54) is 0 Å². The summed E-state index contributed by atoms with van der Waals surface area (Å²) < 4.78 is 12.7. The van der Waals surface area contributed by atoms with E-state index in [-0.39, 0.29) is 0 Å². The molecule has 0 spiro atoms. The van der Waals surface area contributed by atoms with Crippen molar-refractivity contribution >= 4 is 11.6 Å². The highest BCUT2D eigenvalue weighted by Crippen LogP contribution is 2.31. The number of aromatic nitrogens is 4. The summed E-state index contributed by atoms with van der Waals surface area (Å²) in [7, 11) is 0. The maximum atomic E-state index is 10.4. The van der Waals surface area contributed by atoms with Crippen LogP contribution in [0, 0.1) is 6.92 Å². The molecule has 1 aliphatic rings. The normalized spacial score (nSPS) is 15.2. The number of pyridine rings is 1. The van der Waals surface area contributed by atoms with E-state index in [1.807, 2.05) is 49.5 Å². The number of ether oxygens (including phenoxy) is 1. The third kappa shape index (κ3) is 3.52. The molecule has 0 saturated carbocycles. The van der Waals surface area contributed by atoms with Gasteiger partial charge in [-0.25, -0.2) is 4.98 Å². The summed E-state index contributed by atoms with van der Waals surface area (Å²) in [4.78, 5) is 8.67. The number of benzene rings is 1. The topological polar surface area (TPSA) is 86.2 Å². The molecule has 1 aliphatic heterocycles. The molecule has 0 radical (unpaired) electrons. The molecule has 1 N–H and O–H groups in total. The minimum Gasteiger partial charge on any atom is -0.380 e. The molecule has 1 aromatic carbocycles.